The first-order chi connectivity index (χ1) is 16.1. The predicted molar refractivity (Wildman–Crippen MR) is 127 cm³/mol. The Morgan fingerprint density at radius 2 is 2.06 bits per heavy atom. The maximum Gasteiger partial charge on any atom is 0.343 e. The van der Waals surface area contributed by atoms with Crippen LogP contribution in [-0.4, -0.2) is 35.4 Å². The lowest BCUT2D eigenvalue weighted by atomic mass is 10.2. The number of benzene rings is 2. The smallest absolute Gasteiger partial charge is 0.343 e. The van der Waals surface area contributed by atoms with Gasteiger partial charge in [0.1, 0.15) is 11.6 Å². The summed E-state index contributed by atoms with van der Waals surface area (Å²) in [5, 5.41) is 2.66. The first-order valence-corrected chi connectivity index (χ1v) is 12.3. The van der Waals surface area contributed by atoms with Crippen molar-refractivity contribution in [2.24, 2.45) is 0 Å². The molecule has 7 nitrogen and oxygen atoms in total. The number of thioether (sulfide) groups is 1. The van der Waals surface area contributed by atoms with E-state index in [-0.39, 0.29) is 12.5 Å². The molecule has 0 saturated carbocycles. The van der Waals surface area contributed by atoms with Crippen LogP contribution in [0.1, 0.15) is 25.5 Å². The van der Waals surface area contributed by atoms with E-state index in [0.717, 1.165) is 21.2 Å². The lowest BCUT2D eigenvalue weighted by molar-refractivity contribution is -0.148. The van der Waals surface area contributed by atoms with Gasteiger partial charge in [0.15, 0.2) is 16.4 Å². The van der Waals surface area contributed by atoms with Crippen LogP contribution < -0.4 is 14.4 Å². The molecule has 1 saturated heterocycles. The number of methoxy groups -OCH3 is 1. The number of thiazole rings is 1. The van der Waals surface area contributed by atoms with Crippen molar-refractivity contribution in [3.05, 3.63) is 53.5 Å². The monoisotopic (exact) mass is 482 g/mol. The first kappa shape index (κ1) is 21.8. The highest BCUT2D eigenvalue weighted by atomic mass is 32.2. The molecule has 0 spiro atoms. The molecule has 170 valence electrons. The summed E-state index contributed by atoms with van der Waals surface area (Å²) in [7, 11) is 1.60. The number of anilines is 1. The molecule has 1 fully saturated rings. The molecule has 0 N–H and O–H groups in total. The fraction of sp³-hybridized carbons (Fsp3) is 0.292. The standard InChI is InChI=1S/C24H22N2O5S2/c1-3-30-18-9-8-15(12-19(18)29-2)22-25-16(14-32-22)13-31-23(28)24-11-10-21(27)26(24)17-6-4-5-7-20(17)33-24/h4-9,12,14H,3,10-11,13H2,1-2H3. The van der Waals surface area contributed by atoms with Gasteiger partial charge in [0.25, 0.3) is 0 Å². The zero-order valence-electron chi connectivity index (χ0n) is 18.2. The normalized spacial score (nSPS) is 18.7. The topological polar surface area (TPSA) is 78.0 Å². The summed E-state index contributed by atoms with van der Waals surface area (Å²) in [5.41, 5.74) is 2.33. The van der Waals surface area contributed by atoms with Gasteiger partial charge in [-0.25, -0.2) is 9.78 Å². The summed E-state index contributed by atoms with van der Waals surface area (Å²) < 4.78 is 16.7. The Kier molecular flexibility index (Phi) is 5.76. The fourth-order valence-electron chi connectivity index (χ4n) is 4.11. The number of carbonyl (C=O) groups excluding carboxylic acids is 2. The highest BCUT2D eigenvalue weighted by Crippen LogP contribution is 2.56. The minimum Gasteiger partial charge on any atom is -0.493 e. The van der Waals surface area contributed by atoms with Crippen LogP contribution in [0.4, 0.5) is 5.69 Å². The molecule has 1 aromatic heterocycles. The van der Waals surface area contributed by atoms with Gasteiger partial charge in [-0.05, 0) is 37.3 Å². The van der Waals surface area contributed by atoms with Crippen molar-refractivity contribution in [3.63, 3.8) is 0 Å². The Hall–Kier alpha value is -3.04. The van der Waals surface area contributed by atoms with Crippen molar-refractivity contribution in [1.82, 2.24) is 4.98 Å². The first-order valence-electron chi connectivity index (χ1n) is 10.6. The molecule has 1 unspecified atom stereocenters. The third-order valence-electron chi connectivity index (χ3n) is 5.61. The van der Waals surface area contributed by atoms with Crippen molar-refractivity contribution in [2.45, 2.75) is 36.1 Å². The van der Waals surface area contributed by atoms with E-state index in [0.29, 0.717) is 36.6 Å². The molecular formula is C24H22N2O5S2. The van der Waals surface area contributed by atoms with Gasteiger partial charge in [-0.3, -0.25) is 9.69 Å². The van der Waals surface area contributed by atoms with Crippen molar-refractivity contribution in [3.8, 4) is 22.1 Å². The minimum absolute atomic E-state index is 0.0458. The molecule has 0 bridgehead atoms. The van der Waals surface area contributed by atoms with E-state index < -0.39 is 10.8 Å². The molecule has 9 heteroatoms. The molecule has 0 radical (unpaired) electrons. The average molecular weight is 483 g/mol. The molecule has 2 aromatic carbocycles. The summed E-state index contributed by atoms with van der Waals surface area (Å²) in [6, 6.07) is 13.3. The second-order valence-electron chi connectivity index (χ2n) is 7.60. The lowest BCUT2D eigenvalue weighted by Gasteiger charge is -2.28. The fourth-order valence-corrected chi connectivity index (χ4v) is 6.32. The number of nitrogens with zero attached hydrogens (tertiary/aromatic N) is 2. The summed E-state index contributed by atoms with van der Waals surface area (Å²) in [5.74, 6) is 0.858. The number of hydrogen-bond acceptors (Lipinski definition) is 8. The molecule has 2 aliphatic rings. The molecule has 1 atom stereocenters. The van der Waals surface area contributed by atoms with Crippen LogP contribution in [0, 0.1) is 0 Å². The molecular weight excluding hydrogens is 460 g/mol. The lowest BCUT2D eigenvalue weighted by Crippen LogP contribution is -2.47. The Bertz CT molecular complexity index is 1230. The zero-order chi connectivity index (χ0) is 23.0. The van der Waals surface area contributed by atoms with Crippen molar-refractivity contribution >= 4 is 40.7 Å². The van der Waals surface area contributed by atoms with Gasteiger partial charge >= 0.3 is 5.97 Å². The summed E-state index contributed by atoms with van der Waals surface area (Å²) in [6.07, 6.45) is 0.759. The summed E-state index contributed by atoms with van der Waals surface area (Å²) >= 11 is 2.86. The van der Waals surface area contributed by atoms with Gasteiger partial charge < -0.3 is 14.2 Å². The number of hydrogen-bond donors (Lipinski definition) is 0. The van der Waals surface area contributed by atoms with Gasteiger partial charge in [-0.15, -0.1) is 11.3 Å². The molecule has 0 aliphatic carbocycles. The number of fused-ring (bicyclic) bond motifs is 3. The van der Waals surface area contributed by atoms with Crippen LogP contribution in [0.2, 0.25) is 0 Å². The van der Waals surface area contributed by atoms with Crippen molar-refractivity contribution in [1.29, 1.82) is 0 Å². The van der Waals surface area contributed by atoms with E-state index in [1.54, 1.807) is 12.0 Å². The third kappa shape index (κ3) is 3.75. The largest absolute Gasteiger partial charge is 0.493 e. The molecule has 3 heterocycles. The average Bonchev–Trinajstić information content (AvgIpc) is 3.52. The molecule has 5 rings (SSSR count). The van der Waals surface area contributed by atoms with E-state index in [9.17, 15) is 9.59 Å². The number of ether oxygens (including phenoxy) is 3. The maximum atomic E-state index is 13.2. The molecule has 3 aromatic rings. The molecule has 2 aliphatic heterocycles. The van der Waals surface area contributed by atoms with Gasteiger partial charge in [0.05, 0.1) is 25.1 Å². The number of rotatable bonds is 7. The number of carbonyl (C=O) groups is 2. The highest BCUT2D eigenvalue weighted by molar-refractivity contribution is 8.02. The number of esters is 1. The second kappa shape index (κ2) is 8.72. The van der Waals surface area contributed by atoms with Crippen LogP contribution >= 0.6 is 23.1 Å². The Morgan fingerprint density at radius 1 is 1.21 bits per heavy atom. The molecule has 1 amide bonds. The van der Waals surface area contributed by atoms with Gasteiger partial charge in [-0.1, -0.05) is 23.9 Å². The summed E-state index contributed by atoms with van der Waals surface area (Å²) in [4.78, 5) is 31.9. The van der Waals surface area contributed by atoms with E-state index in [1.807, 2.05) is 54.8 Å². The maximum absolute atomic E-state index is 13.2. The van der Waals surface area contributed by atoms with E-state index in [2.05, 4.69) is 4.98 Å². The van der Waals surface area contributed by atoms with E-state index in [1.165, 1.54) is 23.1 Å². The Balaban J connectivity index is 1.31. The van der Waals surface area contributed by atoms with Crippen molar-refractivity contribution < 1.29 is 23.8 Å². The van der Waals surface area contributed by atoms with Gasteiger partial charge in [0.2, 0.25) is 5.91 Å². The highest BCUT2D eigenvalue weighted by Gasteiger charge is 2.58. The SMILES string of the molecule is CCOc1ccc(-c2nc(COC(=O)C34CCC(=O)N3c3ccccc3S4)cs2)cc1OC. The summed E-state index contributed by atoms with van der Waals surface area (Å²) in [6.45, 7) is 2.52. The van der Waals surface area contributed by atoms with Crippen LogP contribution in [-0.2, 0) is 20.9 Å². The van der Waals surface area contributed by atoms with Gasteiger partial charge in [-0.2, -0.15) is 0 Å². The van der Waals surface area contributed by atoms with E-state index >= 15 is 0 Å². The molecule has 33 heavy (non-hydrogen) atoms. The van der Waals surface area contributed by atoms with Crippen molar-refractivity contribution in [2.75, 3.05) is 18.6 Å². The van der Waals surface area contributed by atoms with Crippen LogP contribution in [0.5, 0.6) is 11.5 Å². The number of amides is 1. The van der Waals surface area contributed by atoms with Gasteiger partial charge in [0, 0.05) is 28.7 Å². The number of para-hydroxylation sites is 1. The van der Waals surface area contributed by atoms with Crippen LogP contribution in [0.25, 0.3) is 10.6 Å². The minimum atomic E-state index is -1.03. The zero-order valence-corrected chi connectivity index (χ0v) is 19.8. The Labute approximate surface area is 199 Å². The number of aromatic nitrogens is 1. The third-order valence-corrected chi connectivity index (χ3v) is 8.00. The van der Waals surface area contributed by atoms with E-state index in [4.69, 9.17) is 14.2 Å². The predicted octanol–water partition coefficient (Wildman–Crippen LogP) is 4.89. The van der Waals surface area contributed by atoms with Crippen LogP contribution in [0.15, 0.2) is 52.7 Å². The second-order valence-corrected chi connectivity index (χ2v) is 9.78. The van der Waals surface area contributed by atoms with Crippen LogP contribution in [0.3, 0.4) is 0 Å². The Morgan fingerprint density at radius 3 is 2.88 bits per heavy atom. The quantitative estimate of drug-likeness (QED) is 0.444.